The van der Waals surface area contributed by atoms with Gasteiger partial charge in [0.05, 0.1) is 21.5 Å². The van der Waals surface area contributed by atoms with Crippen molar-refractivity contribution >= 4 is 22.9 Å². The Kier molecular flexibility index (Phi) is 4.93. The SMILES string of the molecule is COCCCN1C(=O)c2n[nH]c(-c3cccs3)c2C1c1cccc([N+](=O)[O-])c1. The van der Waals surface area contributed by atoms with Crippen LogP contribution in [-0.2, 0) is 4.74 Å². The number of hydrogen-bond acceptors (Lipinski definition) is 6. The number of H-pyrrole nitrogens is 1. The maximum atomic E-state index is 13.0. The molecule has 8 nitrogen and oxygen atoms in total. The molecule has 2 aromatic heterocycles. The molecule has 0 aliphatic carbocycles. The van der Waals surface area contributed by atoms with E-state index in [4.69, 9.17) is 4.74 Å². The molecule has 0 saturated carbocycles. The van der Waals surface area contributed by atoms with Gasteiger partial charge in [0, 0.05) is 38.0 Å². The summed E-state index contributed by atoms with van der Waals surface area (Å²) in [5.74, 6) is -0.179. The summed E-state index contributed by atoms with van der Waals surface area (Å²) in [5.41, 5.74) is 2.61. The van der Waals surface area contributed by atoms with E-state index in [9.17, 15) is 14.9 Å². The van der Waals surface area contributed by atoms with Crippen molar-refractivity contribution in [3.8, 4) is 10.6 Å². The molecule has 1 N–H and O–H groups in total. The molecule has 144 valence electrons. The van der Waals surface area contributed by atoms with Gasteiger partial charge in [0.15, 0.2) is 5.69 Å². The van der Waals surface area contributed by atoms with Crippen LogP contribution in [0.4, 0.5) is 5.69 Å². The number of carbonyl (C=O) groups excluding carboxylic acids is 1. The van der Waals surface area contributed by atoms with Crippen LogP contribution in [0.2, 0.25) is 0 Å². The number of rotatable bonds is 7. The lowest BCUT2D eigenvalue weighted by Gasteiger charge is -2.26. The van der Waals surface area contributed by atoms with E-state index in [1.54, 1.807) is 29.4 Å². The monoisotopic (exact) mass is 398 g/mol. The molecule has 0 saturated heterocycles. The molecule has 9 heteroatoms. The Morgan fingerprint density at radius 3 is 2.93 bits per heavy atom. The minimum absolute atomic E-state index is 0.00332. The van der Waals surface area contributed by atoms with Gasteiger partial charge >= 0.3 is 0 Å². The van der Waals surface area contributed by atoms with Gasteiger partial charge in [-0.3, -0.25) is 20.0 Å². The van der Waals surface area contributed by atoms with Crippen molar-refractivity contribution in [3.05, 3.63) is 68.7 Å². The second kappa shape index (κ2) is 7.53. The summed E-state index contributed by atoms with van der Waals surface area (Å²) < 4.78 is 5.12. The van der Waals surface area contributed by atoms with Crippen LogP contribution >= 0.6 is 11.3 Å². The number of aromatic nitrogens is 2. The number of fused-ring (bicyclic) bond motifs is 1. The molecular formula is C19H18N4O4S. The lowest BCUT2D eigenvalue weighted by molar-refractivity contribution is -0.384. The zero-order valence-corrected chi connectivity index (χ0v) is 15.9. The summed E-state index contributed by atoms with van der Waals surface area (Å²) in [6, 6.07) is 9.90. The summed E-state index contributed by atoms with van der Waals surface area (Å²) in [6.07, 6.45) is 0.663. The fourth-order valence-corrected chi connectivity index (χ4v) is 4.30. The number of carbonyl (C=O) groups is 1. The molecule has 1 atom stereocenters. The van der Waals surface area contributed by atoms with Gasteiger partial charge in [-0.05, 0) is 23.4 Å². The van der Waals surface area contributed by atoms with Crippen LogP contribution in [0.15, 0.2) is 41.8 Å². The number of ether oxygens (including phenoxy) is 1. The number of nitro benzene ring substituents is 1. The molecule has 1 amide bonds. The predicted octanol–water partition coefficient (Wildman–Crippen LogP) is 3.63. The van der Waals surface area contributed by atoms with E-state index in [1.807, 2.05) is 23.6 Å². The zero-order valence-electron chi connectivity index (χ0n) is 15.1. The Hall–Kier alpha value is -3.04. The molecular weight excluding hydrogens is 380 g/mol. The largest absolute Gasteiger partial charge is 0.385 e. The number of nitrogens with one attached hydrogen (secondary N) is 1. The van der Waals surface area contributed by atoms with Crippen molar-refractivity contribution in [1.82, 2.24) is 15.1 Å². The Morgan fingerprint density at radius 2 is 2.21 bits per heavy atom. The lowest BCUT2D eigenvalue weighted by Crippen LogP contribution is -2.31. The van der Waals surface area contributed by atoms with Gasteiger partial charge in [-0.25, -0.2) is 0 Å². The van der Waals surface area contributed by atoms with Gasteiger partial charge in [0.25, 0.3) is 11.6 Å². The van der Waals surface area contributed by atoms with Crippen LogP contribution in [0.3, 0.4) is 0 Å². The number of hydrogen-bond donors (Lipinski definition) is 1. The van der Waals surface area contributed by atoms with Crippen molar-refractivity contribution in [1.29, 1.82) is 0 Å². The summed E-state index contributed by atoms with van der Waals surface area (Å²) >= 11 is 1.55. The highest BCUT2D eigenvalue weighted by Crippen LogP contribution is 2.44. The van der Waals surface area contributed by atoms with Crippen molar-refractivity contribution in [2.75, 3.05) is 20.3 Å². The first kappa shape index (κ1) is 18.3. The van der Waals surface area contributed by atoms with Gasteiger partial charge in [0.2, 0.25) is 0 Å². The van der Waals surface area contributed by atoms with Crippen LogP contribution in [0, 0.1) is 10.1 Å². The van der Waals surface area contributed by atoms with E-state index in [-0.39, 0.29) is 11.6 Å². The normalized spacial score (nSPS) is 15.8. The lowest BCUT2D eigenvalue weighted by atomic mass is 9.97. The predicted molar refractivity (Wildman–Crippen MR) is 104 cm³/mol. The minimum atomic E-state index is -0.435. The van der Waals surface area contributed by atoms with Crippen molar-refractivity contribution in [2.45, 2.75) is 12.5 Å². The smallest absolute Gasteiger partial charge is 0.275 e. The fraction of sp³-hybridized carbons (Fsp3) is 0.263. The number of thiophene rings is 1. The molecule has 1 aliphatic rings. The Morgan fingerprint density at radius 1 is 1.36 bits per heavy atom. The van der Waals surface area contributed by atoms with Crippen LogP contribution in [-0.4, -0.2) is 46.2 Å². The van der Waals surface area contributed by atoms with Crippen molar-refractivity contribution in [2.24, 2.45) is 0 Å². The zero-order chi connectivity index (χ0) is 19.7. The highest BCUT2D eigenvalue weighted by Gasteiger charge is 2.42. The molecule has 0 bridgehead atoms. The van der Waals surface area contributed by atoms with Crippen molar-refractivity contribution < 1.29 is 14.5 Å². The third-order valence-corrected chi connectivity index (χ3v) is 5.65. The maximum absolute atomic E-state index is 13.0. The molecule has 1 aliphatic heterocycles. The first-order chi connectivity index (χ1) is 13.6. The molecule has 0 fully saturated rings. The number of aromatic amines is 1. The third kappa shape index (κ3) is 3.08. The Labute approximate surface area is 164 Å². The van der Waals surface area contributed by atoms with Gasteiger partial charge in [0.1, 0.15) is 0 Å². The molecule has 1 aromatic carbocycles. The van der Waals surface area contributed by atoms with E-state index in [2.05, 4.69) is 10.2 Å². The number of non-ortho nitro benzene ring substituents is 1. The third-order valence-electron chi connectivity index (χ3n) is 4.76. The van der Waals surface area contributed by atoms with Gasteiger partial charge in [-0.1, -0.05) is 18.2 Å². The van der Waals surface area contributed by atoms with Gasteiger partial charge in [-0.15, -0.1) is 11.3 Å². The first-order valence-electron chi connectivity index (χ1n) is 8.78. The molecule has 3 aromatic rings. The maximum Gasteiger partial charge on any atom is 0.275 e. The quantitative estimate of drug-likeness (QED) is 0.372. The first-order valence-corrected chi connectivity index (χ1v) is 9.66. The number of amides is 1. The van der Waals surface area contributed by atoms with Crippen LogP contribution < -0.4 is 0 Å². The second-order valence-corrected chi connectivity index (χ2v) is 7.39. The van der Waals surface area contributed by atoms with Gasteiger partial charge in [-0.2, -0.15) is 5.10 Å². The standard InChI is InChI=1S/C19H18N4O4S/c1-27-9-4-8-22-18(12-5-2-6-13(11-12)23(25)26)15-16(14-7-3-10-28-14)20-21-17(15)19(22)24/h2-3,5-7,10-11,18H,4,8-9H2,1H3,(H,20,21). The van der Waals surface area contributed by atoms with E-state index >= 15 is 0 Å². The molecule has 4 rings (SSSR count). The number of nitrogens with zero attached hydrogens (tertiary/aromatic N) is 3. The highest BCUT2D eigenvalue weighted by atomic mass is 32.1. The molecule has 0 radical (unpaired) electrons. The van der Waals surface area contributed by atoms with Crippen LogP contribution in [0.25, 0.3) is 10.6 Å². The second-order valence-electron chi connectivity index (χ2n) is 6.44. The van der Waals surface area contributed by atoms with E-state index in [0.717, 1.165) is 16.1 Å². The van der Waals surface area contributed by atoms with Gasteiger partial charge < -0.3 is 9.64 Å². The summed E-state index contributed by atoms with van der Waals surface area (Å²) in [4.78, 5) is 26.6. The Balaban J connectivity index is 1.83. The van der Waals surface area contributed by atoms with Crippen LogP contribution in [0.5, 0.6) is 0 Å². The average Bonchev–Trinajstić information content (AvgIpc) is 3.41. The number of methoxy groups -OCH3 is 1. The van der Waals surface area contributed by atoms with Crippen molar-refractivity contribution in [3.63, 3.8) is 0 Å². The summed E-state index contributed by atoms with van der Waals surface area (Å²) in [7, 11) is 1.62. The van der Waals surface area contributed by atoms with Crippen LogP contribution in [0.1, 0.15) is 34.1 Å². The van der Waals surface area contributed by atoms with E-state index in [0.29, 0.717) is 30.8 Å². The summed E-state index contributed by atoms with van der Waals surface area (Å²) in [5, 5.41) is 20.5. The Bertz CT molecular complexity index is 1010. The van der Waals surface area contributed by atoms with E-state index < -0.39 is 11.0 Å². The average molecular weight is 398 g/mol. The summed E-state index contributed by atoms with van der Waals surface area (Å²) in [6.45, 7) is 0.993. The topological polar surface area (TPSA) is 101 Å². The highest BCUT2D eigenvalue weighted by molar-refractivity contribution is 7.13. The number of nitro groups is 1. The molecule has 3 heterocycles. The molecule has 1 unspecified atom stereocenters. The van der Waals surface area contributed by atoms with E-state index in [1.165, 1.54) is 12.1 Å². The molecule has 28 heavy (non-hydrogen) atoms. The molecule has 0 spiro atoms. The number of benzene rings is 1. The fourth-order valence-electron chi connectivity index (χ4n) is 3.56. The minimum Gasteiger partial charge on any atom is -0.385 e.